The SMILES string of the molecule is CC(O)c1ccc(-n2ccnc2)cc1. The summed E-state index contributed by atoms with van der Waals surface area (Å²) < 4.78 is 1.92. The van der Waals surface area contributed by atoms with Gasteiger partial charge in [-0.25, -0.2) is 4.98 Å². The van der Waals surface area contributed by atoms with Gasteiger partial charge in [-0.3, -0.25) is 0 Å². The van der Waals surface area contributed by atoms with Gasteiger partial charge in [-0.05, 0) is 24.6 Å². The lowest BCUT2D eigenvalue weighted by Gasteiger charge is -2.06. The van der Waals surface area contributed by atoms with Crippen molar-refractivity contribution in [3.8, 4) is 5.69 Å². The number of imidazole rings is 1. The number of aliphatic hydroxyl groups excluding tert-OH is 1. The second-order valence-electron chi connectivity index (χ2n) is 3.24. The molecule has 0 aliphatic heterocycles. The molecule has 3 nitrogen and oxygen atoms in total. The van der Waals surface area contributed by atoms with E-state index in [1.165, 1.54) is 0 Å². The maximum absolute atomic E-state index is 9.33. The summed E-state index contributed by atoms with van der Waals surface area (Å²) in [4.78, 5) is 3.97. The van der Waals surface area contributed by atoms with Crippen LogP contribution in [0.1, 0.15) is 18.6 Å². The molecule has 2 aromatic rings. The predicted molar refractivity (Wildman–Crippen MR) is 54.2 cm³/mol. The molecule has 2 rings (SSSR count). The smallest absolute Gasteiger partial charge is 0.0991 e. The Morgan fingerprint density at radius 3 is 2.50 bits per heavy atom. The Balaban J connectivity index is 2.31. The van der Waals surface area contributed by atoms with Crippen molar-refractivity contribution < 1.29 is 5.11 Å². The zero-order chi connectivity index (χ0) is 9.97. The number of aliphatic hydroxyl groups is 1. The van der Waals surface area contributed by atoms with E-state index in [9.17, 15) is 5.11 Å². The second-order valence-corrected chi connectivity index (χ2v) is 3.24. The Hall–Kier alpha value is -1.61. The summed E-state index contributed by atoms with van der Waals surface area (Å²) in [6.45, 7) is 1.76. The Labute approximate surface area is 82.7 Å². The Morgan fingerprint density at radius 1 is 1.29 bits per heavy atom. The van der Waals surface area contributed by atoms with E-state index in [-0.39, 0.29) is 0 Å². The Kier molecular flexibility index (Phi) is 2.33. The molecule has 14 heavy (non-hydrogen) atoms. The first-order chi connectivity index (χ1) is 6.77. The van der Waals surface area contributed by atoms with E-state index in [0.29, 0.717) is 0 Å². The van der Waals surface area contributed by atoms with E-state index in [0.717, 1.165) is 11.3 Å². The van der Waals surface area contributed by atoms with Gasteiger partial charge in [-0.1, -0.05) is 12.1 Å². The van der Waals surface area contributed by atoms with Crippen molar-refractivity contribution in [1.82, 2.24) is 9.55 Å². The molecule has 0 fully saturated rings. The minimum Gasteiger partial charge on any atom is -0.389 e. The van der Waals surface area contributed by atoms with Crippen LogP contribution in [0.2, 0.25) is 0 Å². The van der Waals surface area contributed by atoms with Crippen molar-refractivity contribution >= 4 is 0 Å². The lowest BCUT2D eigenvalue weighted by molar-refractivity contribution is 0.199. The third-order valence-electron chi connectivity index (χ3n) is 2.18. The molecule has 1 N–H and O–H groups in total. The van der Waals surface area contributed by atoms with Crippen LogP contribution in [0.5, 0.6) is 0 Å². The molecule has 3 heteroatoms. The zero-order valence-corrected chi connectivity index (χ0v) is 7.96. The van der Waals surface area contributed by atoms with Gasteiger partial charge in [0, 0.05) is 18.1 Å². The molecular formula is C11H12N2O. The van der Waals surface area contributed by atoms with Gasteiger partial charge >= 0.3 is 0 Å². The van der Waals surface area contributed by atoms with Gasteiger partial charge in [0.25, 0.3) is 0 Å². The molecule has 0 radical (unpaired) electrons. The molecular weight excluding hydrogens is 176 g/mol. The maximum Gasteiger partial charge on any atom is 0.0991 e. The van der Waals surface area contributed by atoms with Gasteiger partial charge < -0.3 is 9.67 Å². The van der Waals surface area contributed by atoms with Gasteiger partial charge in [0.2, 0.25) is 0 Å². The highest BCUT2D eigenvalue weighted by molar-refractivity contribution is 5.35. The largest absolute Gasteiger partial charge is 0.389 e. The standard InChI is InChI=1S/C11H12N2O/c1-9(14)10-2-4-11(5-3-10)13-7-6-12-8-13/h2-9,14H,1H3. The molecule has 0 bridgehead atoms. The van der Waals surface area contributed by atoms with Crippen LogP contribution in [0.3, 0.4) is 0 Å². The molecule has 0 amide bonds. The van der Waals surface area contributed by atoms with E-state index in [1.807, 2.05) is 35.0 Å². The van der Waals surface area contributed by atoms with Crippen LogP contribution in [-0.4, -0.2) is 14.7 Å². The van der Waals surface area contributed by atoms with Crippen LogP contribution in [0.25, 0.3) is 5.69 Å². The summed E-state index contributed by atoms with van der Waals surface area (Å²) in [5.74, 6) is 0. The highest BCUT2D eigenvalue weighted by Gasteiger charge is 2.00. The minimum absolute atomic E-state index is 0.410. The van der Waals surface area contributed by atoms with Gasteiger partial charge in [0.05, 0.1) is 12.4 Å². The Bertz CT molecular complexity index is 390. The fourth-order valence-electron chi connectivity index (χ4n) is 1.34. The molecule has 72 valence electrons. The van der Waals surface area contributed by atoms with Crippen molar-refractivity contribution in [1.29, 1.82) is 0 Å². The molecule has 0 aliphatic carbocycles. The van der Waals surface area contributed by atoms with Crippen LogP contribution < -0.4 is 0 Å². The molecule has 0 spiro atoms. The molecule has 0 aliphatic rings. The first kappa shape index (κ1) is 8.97. The predicted octanol–water partition coefficient (Wildman–Crippen LogP) is 1.93. The van der Waals surface area contributed by atoms with Crippen LogP contribution >= 0.6 is 0 Å². The minimum atomic E-state index is -0.410. The van der Waals surface area contributed by atoms with E-state index in [4.69, 9.17) is 0 Å². The average Bonchev–Trinajstić information content (AvgIpc) is 2.71. The molecule has 1 heterocycles. The molecule has 1 aromatic heterocycles. The number of rotatable bonds is 2. The van der Waals surface area contributed by atoms with Gasteiger partial charge in [0.15, 0.2) is 0 Å². The zero-order valence-electron chi connectivity index (χ0n) is 7.96. The van der Waals surface area contributed by atoms with Crippen molar-refractivity contribution in [2.24, 2.45) is 0 Å². The van der Waals surface area contributed by atoms with Crippen LogP contribution in [0.15, 0.2) is 43.0 Å². The van der Waals surface area contributed by atoms with Crippen molar-refractivity contribution in [3.05, 3.63) is 48.5 Å². The van der Waals surface area contributed by atoms with Gasteiger partial charge in [0.1, 0.15) is 0 Å². The fourth-order valence-corrected chi connectivity index (χ4v) is 1.34. The van der Waals surface area contributed by atoms with Crippen LogP contribution in [0, 0.1) is 0 Å². The summed E-state index contributed by atoms with van der Waals surface area (Å²) in [5, 5.41) is 9.33. The summed E-state index contributed by atoms with van der Waals surface area (Å²) in [7, 11) is 0. The Morgan fingerprint density at radius 2 is 2.00 bits per heavy atom. The highest BCUT2D eigenvalue weighted by atomic mass is 16.3. The van der Waals surface area contributed by atoms with Crippen molar-refractivity contribution in [2.45, 2.75) is 13.0 Å². The second kappa shape index (κ2) is 3.64. The molecule has 1 unspecified atom stereocenters. The topological polar surface area (TPSA) is 38.0 Å². The summed E-state index contributed by atoms with van der Waals surface area (Å²) in [6, 6.07) is 7.76. The first-order valence-electron chi connectivity index (χ1n) is 4.54. The number of nitrogens with zero attached hydrogens (tertiary/aromatic N) is 2. The molecule has 1 atom stereocenters. The lowest BCUT2D eigenvalue weighted by Crippen LogP contribution is -1.93. The third kappa shape index (κ3) is 1.67. The van der Waals surface area contributed by atoms with Crippen molar-refractivity contribution in [3.63, 3.8) is 0 Å². The van der Waals surface area contributed by atoms with Crippen LogP contribution in [-0.2, 0) is 0 Å². The molecule has 1 aromatic carbocycles. The van der Waals surface area contributed by atoms with E-state index >= 15 is 0 Å². The highest BCUT2D eigenvalue weighted by Crippen LogP contribution is 2.14. The van der Waals surface area contributed by atoms with E-state index in [2.05, 4.69) is 4.98 Å². The number of benzene rings is 1. The summed E-state index contributed by atoms with van der Waals surface area (Å²) in [6.07, 6.45) is 4.96. The number of hydrogen-bond acceptors (Lipinski definition) is 2. The third-order valence-corrected chi connectivity index (χ3v) is 2.18. The number of aromatic nitrogens is 2. The molecule has 0 saturated carbocycles. The summed E-state index contributed by atoms with van der Waals surface area (Å²) >= 11 is 0. The lowest BCUT2D eigenvalue weighted by atomic mass is 10.1. The van der Waals surface area contributed by atoms with E-state index in [1.54, 1.807) is 19.4 Å². The van der Waals surface area contributed by atoms with Crippen LogP contribution in [0.4, 0.5) is 0 Å². The monoisotopic (exact) mass is 188 g/mol. The number of hydrogen-bond donors (Lipinski definition) is 1. The van der Waals surface area contributed by atoms with Gasteiger partial charge in [-0.2, -0.15) is 0 Å². The molecule has 0 saturated heterocycles. The normalized spacial score (nSPS) is 12.7. The van der Waals surface area contributed by atoms with E-state index < -0.39 is 6.10 Å². The summed E-state index contributed by atoms with van der Waals surface area (Å²) in [5.41, 5.74) is 1.97. The van der Waals surface area contributed by atoms with Crippen molar-refractivity contribution in [2.75, 3.05) is 0 Å². The first-order valence-corrected chi connectivity index (χ1v) is 4.54. The maximum atomic E-state index is 9.33. The average molecular weight is 188 g/mol. The fraction of sp³-hybridized carbons (Fsp3) is 0.182. The quantitative estimate of drug-likeness (QED) is 0.782. The van der Waals surface area contributed by atoms with Gasteiger partial charge in [-0.15, -0.1) is 0 Å².